The molecule has 6 nitrogen and oxygen atoms in total. The van der Waals surface area contributed by atoms with E-state index in [4.69, 9.17) is 0 Å². The number of anilines is 1. The molecule has 5 rings (SSSR count). The lowest BCUT2D eigenvalue weighted by Crippen LogP contribution is -2.28. The number of aliphatic hydroxyl groups is 1. The summed E-state index contributed by atoms with van der Waals surface area (Å²) in [7, 11) is 0. The molecule has 3 aliphatic carbocycles. The topological polar surface area (TPSA) is 80.0 Å². The molecular formula is C27H38N4O2. The van der Waals surface area contributed by atoms with Gasteiger partial charge in [-0.25, -0.2) is 0 Å². The van der Waals surface area contributed by atoms with Gasteiger partial charge in [0.05, 0.1) is 12.0 Å². The number of amides is 1. The summed E-state index contributed by atoms with van der Waals surface area (Å²) in [6, 6.07) is 6.54. The van der Waals surface area contributed by atoms with E-state index in [0.29, 0.717) is 24.8 Å². The second-order valence-corrected chi connectivity index (χ2v) is 11.3. The average Bonchev–Trinajstić information content (AvgIpc) is 3.35. The molecule has 3 atom stereocenters. The molecule has 1 heterocycles. The summed E-state index contributed by atoms with van der Waals surface area (Å²) in [5, 5.41) is 23.0. The zero-order chi connectivity index (χ0) is 23.3. The normalized spacial score (nSPS) is 29.3. The highest BCUT2D eigenvalue weighted by Crippen LogP contribution is 2.49. The third-order valence-electron chi connectivity index (χ3n) is 7.91. The summed E-state index contributed by atoms with van der Waals surface area (Å²) in [6.07, 6.45) is 6.60. The fourth-order valence-electron chi connectivity index (χ4n) is 6.13. The van der Waals surface area contributed by atoms with E-state index in [1.807, 2.05) is 19.1 Å². The summed E-state index contributed by atoms with van der Waals surface area (Å²) < 4.78 is 2.37. The molecule has 0 spiro atoms. The van der Waals surface area contributed by atoms with Crippen LogP contribution in [0.3, 0.4) is 0 Å². The van der Waals surface area contributed by atoms with E-state index in [1.54, 1.807) is 0 Å². The lowest BCUT2D eigenvalue weighted by Gasteiger charge is -2.36. The molecule has 0 unspecified atom stereocenters. The van der Waals surface area contributed by atoms with E-state index >= 15 is 0 Å². The van der Waals surface area contributed by atoms with E-state index in [2.05, 4.69) is 46.9 Å². The first-order valence-electron chi connectivity index (χ1n) is 12.8. The molecule has 1 amide bonds. The minimum Gasteiger partial charge on any atom is -0.393 e. The number of benzene rings is 1. The van der Waals surface area contributed by atoms with Gasteiger partial charge in [-0.05, 0) is 82.3 Å². The van der Waals surface area contributed by atoms with Crippen LogP contribution in [0, 0.1) is 31.6 Å². The van der Waals surface area contributed by atoms with Crippen LogP contribution in [0.1, 0.15) is 99.4 Å². The number of aryl methyl sites for hydroxylation is 2. The molecule has 0 aliphatic heterocycles. The van der Waals surface area contributed by atoms with Gasteiger partial charge in [0.2, 0.25) is 5.91 Å². The van der Waals surface area contributed by atoms with Crippen molar-refractivity contribution in [2.45, 2.75) is 96.6 Å². The maximum atomic E-state index is 13.4. The molecule has 0 bridgehead atoms. The highest BCUT2D eigenvalue weighted by Gasteiger charge is 2.45. The van der Waals surface area contributed by atoms with Gasteiger partial charge >= 0.3 is 0 Å². The Balaban J connectivity index is 1.36. The Morgan fingerprint density at radius 2 is 1.85 bits per heavy atom. The summed E-state index contributed by atoms with van der Waals surface area (Å²) in [4.78, 5) is 13.4. The van der Waals surface area contributed by atoms with Gasteiger partial charge in [0.15, 0.2) is 0 Å². The van der Waals surface area contributed by atoms with Gasteiger partial charge in [-0.1, -0.05) is 31.5 Å². The molecule has 33 heavy (non-hydrogen) atoms. The van der Waals surface area contributed by atoms with Crippen LogP contribution < -0.4 is 5.32 Å². The van der Waals surface area contributed by atoms with Crippen molar-refractivity contribution in [2.75, 3.05) is 5.32 Å². The monoisotopic (exact) mass is 450 g/mol. The highest BCUT2D eigenvalue weighted by atomic mass is 16.3. The molecule has 1 aromatic heterocycles. The number of aromatic nitrogens is 3. The standard InChI is InChI=1S/C27H38N4O2/c1-15(2)9-18-11-19(12-18)25-29-30-26(31(25)20-6-7-20)22-13-21(32)14-23(22)27(33)28-24-8-5-16(3)10-17(24)4/h5,8,10,15,18-23,32H,6-7,9,11-14H2,1-4H3,(H,28,33)/t18-,19+,21-,22+,23+/m1/s1. The van der Waals surface area contributed by atoms with Crippen LogP contribution in [-0.4, -0.2) is 31.9 Å². The van der Waals surface area contributed by atoms with Crippen LogP contribution in [0.4, 0.5) is 5.69 Å². The van der Waals surface area contributed by atoms with Gasteiger partial charge in [-0.3, -0.25) is 4.79 Å². The van der Waals surface area contributed by atoms with Crippen molar-refractivity contribution in [3.05, 3.63) is 41.0 Å². The lowest BCUT2D eigenvalue weighted by atomic mass is 9.71. The van der Waals surface area contributed by atoms with Crippen molar-refractivity contribution in [2.24, 2.45) is 17.8 Å². The number of carbonyl (C=O) groups is 1. The number of aliphatic hydroxyl groups excluding tert-OH is 1. The van der Waals surface area contributed by atoms with E-state index in [1.165, 1.54) is 24.8 Å². The van der Waals surface area contributed by atoms with Crippen LogP contribution in [0.2, 0.25) is 0 Å². The summed E-state index contributed by atoms with van der Waals surface area (Å²) >= 11 is 0. The van der Waals surface area contributed by atoms with Gasteiger partial charge in [0, 0.05) is 23.6 Å². The average molecular weight is 451 g/mol. The number of carbonyl (C=O) groups excluding carboxylic acids is 1. The molecule has 3 fully saturated rings. The zero-order valence-electron chi connectivity index (χ0n) is 20.4. The van der Waals surface area contributed by atoms with E-state index in [9.17, 15) is 9.90 Å². The molecule has 2 aromatic rings. The Bertz CT molecular complexity index is 1020. The van der Waals surface area contributed by atoms with E-state index in [0.717, 1.165) is 47.6 Å². The largest absolute Gasteiger partial charge is 0.393 e. The summed E-state index contributed by atoms with van der Waals surface area (Å²) in [6.45, 7) is 8.67. The maximum absolute atomic E-state index is 13.4. The van der Waals surface area contributed by atoms with E-state index < -0.39 is 6.10 Å². The number of hydrogen-bond donors (Lipinski definition) is 2. The Hall–Kier alpha value is -2.21. The maximum Gasteiger partial charge on any atom is 0.228 e. The lowest BCUT2D eigenvalue weighted by molar-refractivity contribution is -0.120. The molecule has 3 aliphatic rings. The van der Waals surface area contributed by atoms with E-state index in [-0.39, 0.29) is 17.7 Å². The fourth-order valence-corrected chi connectivity index (χ4v) is 6.13. The summed E-state index contributed by atoms with van der Waals surface area (Å²) in [5.41, 5.74) is 3.08. The molecule has 1 aromatic carbocycles. The van der Waals surface area contributed by atoms with Gasteiger partial charge in [0.1, 0.15) is 11.6 Å². The molecule has 0 radical (unpaired) electrons. The molecule has 3 saturated carbocycles. The number of hydrogen-bond acceptors (Lipinski definition) is 4. The second kappa shape index (κ2) is 8.86. The second-order valence-electron chi connectivity index (χ2n) is 11.3. The van der Waals surface area contributed by atoms with Crippen LogP contribution in [-0.2, 0) is 4.79 Å². The summed E-state index contributed by atoms with van der Waals surface area (Å²) in [5.74, 6) is 3.70. The molecule has 0 saturated heterocycles. The first-order valence-corrected chi connectivity index (χ1v) is 12.8. The number of nitrogens with one attached hydrogen (secondary N) is 1. The van der Waals surface area contributed by atoms with Crippen molar-refractivity contribution in [1.29, 1.82) is 0 Å². The van der Waals surface area contributed by atoms with Crippen LogP contribution in [0.15, 0.2) is 18.2 Å². The first kappa shape index (κ1) is 22.6. The number of nitrogens with zero attached hydrogens (tertiary/aromatic N) is 3. The minimum absolute atomic E-state index is 0.0176. The SMILES string of the molecule is Cc1ccc(NC(=O)[C@H]2C[C@H](O)C[C@@H]2c2nnc([C@H]3C[C@@H](CC(C)C)C3)n2C2CC2)c(C)c1. The van der Waals surface area contributed by atoms with Crippen molar-refractivity contribution in [3.63, 3.8) is 0 Å². The number of rotatable bonds is 7. The van der Waals surface area contributed by atoms with Crippen LogP contribution in [0.5, 0.6) is 0 Å². The van der Waals surface area contributed by atoms with Crippen molar-refractivity contribution in [3.8, 4) is 0 Å². The predicted molar refractivity (Wildman–Crippen MR) is 129 cm³/mol. The third kappa shape index (κ3) is 4.59. The minimum atomic E-state index is -0.475. The molecular weight excluding hydrogens is 412 g/mol. The quantitative estimate of drug-likeness (QED) is 0.603. The van der Waals surface area contributed by atoms with Crippen LogP contribution >= 0.6 is 0 Å². The van der Waals surface area contributed by atoms with Crippen LogP contribution in [0.25, 0.3) is 0 Å². The predicted octanol–water partition coefficient (Wildman–Crippen LogP) is 5.26. The fraction of sp³-hybridized carbons (Fsp3) is 0.667. The Kier molecular flexibility index (Phi) is 6.06. The van der Waals surface area contributed by atoms with Crippen molar-refractivity contribution in [1.82, 2.24) is 14.8 Å². The van der Waals surface area contributed by atoms with Gasteiger partial charge in [-0.2, -0.15) is 0 Å². The molecule has 2 N–H and O–H groups in total. The third-order valence-corrected chi connectivity index (χ3v) is 7.91. The zero-order valence-corrected chi connectivity index (χ0v) is 20.4. The van der Waals surface area contributed by atoms with Gasteiger partial charge < -0.3 is 15.0 Å². The Morgan fingerprint density at radius 3 is 2.52 bits per heavy atom. The first-order chi connectivity index (χ1) is 15.8. The van der Waals surface area contributed by atoms with Crippen molar-refractivity contribution < 1.29 is 9.90 Å². The molecule has 178 valence electrons. The van der Waals surface area contributed by atoms with Gasteiger partial charge in [-0.15, -0.1) is 10.2 Å². The highest BCUT2D eigenvalue weighted by molar-refractivity contribution is 5.94. The van der Waals surface area contributed by atoms with Crippen molar-refractivity contribution >= 4 is 11.6 Å². The Labute approximate surface area is 197 Å². The molecule has 6 heteroatoms. The van der Waals surface area contributed by atoms with Gasteiger partial charge in [0.25, 0.3) is 0 Å². The Morgan fingerprint density at radius 1 is 1.12 bits per heavy atom. The smallest absolute Gasteiger partial charge is 0.228 e.